The molecule has 1 heterocycles. The Hall–Kier alpha value is 0.690. The standard InChI is InChI=1S/C11H19BrClNO/c12-8-1-2-9(15)10(11(8)13)7-3-5-14-6-4-7/h7-11,14-15H,1-6H2. The predicted molar refractivity (Wildman–Crippen MR) is 66.7 cm³/mol. The van der Waals surface area contributed by atoms with Crippen LogP contribution in [-0.4, -0.2) is 34.5 Å². The van der Waals surface area contributed by atoms with Gasteiger partial charge in [0.2, 0.25) is 0 Å². The first-order valence-electron chi connectivity index (χ1n) is 5.87. The van der Waals surface area contributed by atoms with Crippen LogP contribution in [0.5, 0.6) is 0 Å². The zero-order valence-electron chi connectivity index (χ0n) is 8.83. The van der Waals surface area contributed by atoms with Crippen LogP contribution in [-0.2, 0) is 0 Å². The molecule has 0 radical (unpaired) electrons. The number of hydrogen-bond donors (Lipinski definition) is 2. The van der Waals surface area contributed by atoms with Crippen LogP contribution in [0.4, 0.5) is 0 Å². The highest BCUT2D eigenvalue weighted by atomic mass is 79.9. The lowest BCUT2D eigenvalue weighted by Gasteiger charge is -2.41. The van der Waals surface area contributed by atoms with Crippen LogP contribution in [0, 0.1) is 11.8 Å². The molecule has 2 fully saturated rings. The smallest absolute Gasteiger partial charge is 0.0586 e. The fourth-order valence-electron chi connectivity index (χ4n) is 2.94. The Labute approximate surface area is 105 Å². The lowest BCUT2D eigenvalue weighted by Crippen LogP contribution is -2.46. The van der Waals surface area contributed by atoms with Gasteiger partial charge < -0.3 is 10.4 Å². The van der Waals surface area contributed by atoms with Crippen molar-refractivity contribution in [2.45, 2.75) is 42.0 Å². The van der Waals surface area contributed by atoms with Gasteiger partial charge in [-0.3, -0.25) is 0 Å². The maximum Gasteiger partial charge on any atom is 0.0586 e. The number of alkyl halides is 2. The lowest BCUT2D eigenvalue weighted by atomic mass is 9.74. The first-order valence-corrected chi connectivity index (χ1v) is 7.22. The molecule has 2 N–H and O–H groups in total. The van der Waals surface area contributed by atoms with Gasteiger partial charge in [-0.05, 0) is 44.7 Å². The molecule has 88 valence electrons. The highest BCUT2D eigenvalue weighted by Crippen LogP contribution is 2.40. The third-order valence-corrected chi connectivity index (χ3v) is 5.75. The Morgan fingerprint density at radius 2 is 1.80 bits per heavy atom. The molecular weight excluding hydrogens is 277 g/mol. The van der Waals surface area contributed by atoms with Crippen molar-refractivity contribution in [2.24, 2.45) is 11.8 Å². The van der Waals surface area contributed by atoms with Crippen LogP contribution >= 0.6 is 27.5 Å². The van der Waals surface area contributed by atoms with Crippen LogP contribution in [0.2, 0.25) is 0 Å². The summed E-state index contributed by atoms with van der Waals surface area (Å²) in [6.45, 7) is 2.15. The Bertz CT molecular complexity index is 211. The van der Waals surface area contributed by atoms with Gasteiger partial charge >= 0.3 is 0 Å². The predicted octanol–water partition coefficient (Wildman–Crippen LogP) is 2.13. The summed E-state index contributed by atoms with van der Waals surface area (Å²) in [4.78, 5) is 0.377. The molecule has 1 saturated heterocycles. The number of hydrogen-bond acceptors (Lipinski definition) is 2. The first kappa shape index (κ1) is 12.2. The summed E-state index contributed by atoms with van der Waals surface area (Å²) >= 11 is 10.1. The number of piperidine rings is 1. The van der Waals surface area contributed by atoms with Crippen molar-refractivity contribution in [1.29, 1.82) is 0 Å². The molecule has 4 atom stereocenters. The topological polar surface area (TPSA) is 32.3 Å². The van der Waals surface area contributed by atoms with Gasteiger partial charge in [-0.25, -0.2) is 0 Å². The number of rotatable bonds is 1. The molecule has 0 amide bonds. The zero-order valence-corrected chi connectivity index (χ0v) is 11.2. The summed E-state index contributed by atoms with van der Waals surface area (Å²) in [6.07, 6.45) is 4.02. The highest BCUT2D eigenvalue weighted by Gasteiger charge is 2.41. The maximum atomic E-state index is 10.1. The molecule has 0 spiro atoms. The molecule has 0 aromatic carbocycles. The number of aliphatic hydroxyl groups is 1. The molecule has 15 heavy (non-hydrogen) atoms. The average molecular weight is 297 g/mol. The molecule has 2 rings (SSSR count). The monoisotopic (exact) mass is 295 g/mol. The van der Waals surface area contributed by atoms with Gasteiger partial charge in [-0.15, -0.1) is 11.6 Å². The van der Waals surface area contributed by atoms with E-state index in [0.717, 1.165) is 38.8 Å². The number of halogens is 2. The molecule has 0 aromatic rings. The van der Waals surface area contributed by atoms with E-state index in [1.807, 2.05) is 0 Å². The van der Waals surface area contributed by atoms with Gasteiger partial charge in [0.1, 0.15) is 0 Å². The van der Waals surface area contributed by atoms with Crippen molar-refractivity contribution in [3.63, 3.8) is 0 Å². The van der Waals surface area contributed by atoms with E-state index in [0.29, 0.717) is 10.7 Å². The van der Waals surface area contributed by atoms with E-state index >= 15 is 0 Å². The quantitative estimate of drug-likeness (QED) is 0.727. The summed E-state index contributed by atoms with van der Waals surface area (Å²) < 4.78 is 0. The highest BCUT2D eigenvalue weighted by molar-refractivity contribution is 9.09. The van der Waals surface area contributed by atoms with Gasteiger partial charge in [-0.1, -0.05) is 15.9 Å². The van der Waals surface area contributed by atoms with Gasteiger partial charge in [-0.2, -0.15) is 0 Å². The van der Waals surface area contributed by atoms with Crippen LogP contribution in [0.25, 0.3) is 0 Å². The van der Waals surface area contributed by atoms with Crippen LogP contribution in [0.1, 0.15) is 25.7 Å². The minimum atomic E-state index is -0.190. The molecule has 1 saturated carbocycles. The third kappa shape index (κ3) is 2.68. The zero-order chi connectivity index (χ0) is 10.8. The van der Waals surface area contributed by atoms with Crippen molar-refractivity contribution < 1.29 is 5.11 Å². The molecule has 1 aliphatic carbocycles. The molecule has 2 nitrogen and oxygen atoms in total. The molecule has 4 unspecified atom stereocenters. The van der Waals surface area contributed by atoms with E-state index in [1.54, 1.807) is 0 Å². The summed E-state index contributed by atoms with van der Waals surface area (Å²) in [5.74, 6) is 0.885. The Morgan fingerprint density at radius 1 is 1.13 bits per heavy atom. The summed E-state index contributed by atoms with van der Waals surface area (Å²) in [6, 6.07) is 0. The summed E-state index contributed by atoms with van der Waals surface area (Å²) in [5.41, 5.74) is 0. The average Bonchev–Trinajstić information content (AvgIpc) is 2.26. The van der Waals surface area contributed by atoms with Crippen molar-refractivity contribution in [3.8, 4) is 0 Å². The van der Waals surface area contributed by atoms with Crippen LogP contribution in [0.3, 0.4) is 0 Å². The van der Waals surface area contributed by atoms with Gasteiger partial charge in [0.05, 0.1) is 11.5 Å². The van der Waals surface area contributed by atoms with Crippen molar-refractivity contribution in [3.05, 3.63) is 0 Å². The number of nitrogens with one attached hydrogen (secondary N) is 1. The van der Waals surface area contributed by atoms with E-state index in [1.165, 1.54) is 0 Å². The van der Waals surface area contributed by atoms with Crippen molar-refractivity contribution in [2.75, 3.05) is 13.1 Å². The molecule has 0 aromatic heterocycles. The van der Waals surface area contributed by atoms with E-state index in [9.17, 15) is 5.11 Å². The Kier molecular flexibility index (Phi) is 4.33. The van der Waals surface area contributed by atoms with E-state index in [-0.39, 0.29) is 17.4 Å². The Morgan fingerprint density at radius 3 is 2.47 bits per heavy atom. The largest absolute Gasteiger partial charge is 0.393 e. The fourth-order valence-corrected chi connectivity index (χ4v) is 4.05. The minimum Gasteiger partial charge on any atom is -0.393 e. The second-order valence-corrected chi connectivity index (χ2v) is 6.45. The van der Waals surface area contributed by atoms with E-state index in [2.05, 4.69) is 21.2 Å². The van der Waals surface area contributed by atoms with Gasteiger partial charge in [0, 0.05) is 10.7 Å². The van der Waals surface area contributed by atoms with Crippen LogP contribution < -0.4 is 5.32 Å². The molecule has 2 aliphatic rings. The summed E-state index contributed by atoms with van der Waals surface area (Å²) in [7, 11) is 0. The second-order valence-electron chi connectivity index (χ2n) is 4.77. The third-order valence-electron chi connectivity index (χ3n) is 3.82. The minimum absolute atomic E-state index is 0.0943. The molecule has 0 bridgehead atoms. The normalized spacial score (nSPS) is 44.2. The van der Waals surface area contributed by atoms with E-state index < -0.39 is 0 Å². The van der Waals surface area contributed by atoms with E-state index in [4.69, 9.17) is 11.6 Å². The van der Waals surface area contributed by atoms with Gasteiger partial charge in [0.15, 0.2) is 0 Å². The fraction of sp³-hybridized carbons (Fsp3) is 1.00. The maximum absolute atomic E-state index is 10.1. The van der Waals surface area contributed by atoms with Crippen LogP contribution in [0.15, 0.2) is 0 Å². The van der Waals surface area contributed by atoms with Crippen molar-refractivity contribution >= 4 is 27.5 Å². The van der Waals surface area contributed by atoms with Gasteiger partial charge in [0.25, 0.3) is 0 Å². The summed E-state index contributed by atoms with van der Waals surface area (Å²) in [5, 5.41) is 13.5. The molecular formula is C11H19BrClNO. The second kappa shape index (κ2) is 5.35. The SMILES string of the molecule is OC1CCC(Br)C(Cl)C1C1CCNCC1. The molecule has 1 aliphatic heterocycles. The van der Waals surface area contributed by atoms with Crippen molar-refractivity contribution in [1.82, 2.24) is 5.32 Å². The lowest BCUT2D eigenvalue weighted by molar-refractivity contribution is 0.0332. The Balaban J connectivity index is 2.02. The number of aliphatic hydroxyl groups excluding tert-OH is 1. The molecule has 4 heteroatoms. The first-order chi connectivity index (χ1) is 7.20.